The smallest absolute Gasteiger partial charge is 0.252 e. The molecule has 1 aromatic heterocycles. The number of benzene rings is 1. The number of para-hydroxylation sites is 1. The number of carbonyl (C=O) groups excluding carboxylic acids is 2. The molecule has 2 amide bonds. The molecule has 1 N–H and O–H groups in total. The van der Waals surface area contributed by atoms with E-state index < -0.39 is 0 Å². The van der Waals surface area contributed by atoms with E-state index in [4.69, 9.17) is 0 Å². The van der Waals surface area contributed by atoms with Crippen LogP contribution in [0.4, 0.5) is 5.69 Å². The number of rotatable bonds is 8. The largest absolute Gasteiger partial charge is 0.351 e. The average Bonchev–Trinajstić information content (AvgIpc) is 3.11. The Bertz CT molecular complexity index is 611. The molecule has 1 aromatic carbocycles. The van der Waals surface area contributed by atoms with Crippen LogP contribution in [0.1, 0.15) is 36.5 Å². The molecule has 0 bridgehead atoms. The van der Waals surface area contributed by atoms with Crippen LogP contribution in [-0.4, -0.2) is 24.9 Å². The van der Waals surface area contributed by atoms with Gasteiger partial charge in [0, 0.05) is 36.1 Å². The summed E-state index contributed by atoms with van der Waals surface area (Å²) >= 11 is 1.48. The molecule has 23 heavy (non-hydrogen) atoms. The van der Waals surface area contributed by atoms with Crippen molar-refractivity contribution in [1.29, 1.82) is 0 Å². The molecule has 122 valence electrons. The quantitative estimate of drug-likeness (QED) is 0.802. The van der Waals surface area contributed by atoms with Crippen LogP contribution < -0.4 is 10.2 Å². The summed E-state index contributed by atoms with van der Waals surface area (Å²) in [4.78, 5) is 26.2. The van der Waals surface area contributed by atoms with Crippen LogP contribution in [0.3, 0.4) is 0 Å². The molecule has 0 unspecified atom stereocenters. The van der Waals surface area contributed by atoms with Gasteiger partial charge >= 0.3 is 0 Å². The molecule has 0 aliphatic heterocycles. The van der Waals surface area contributed by atoms with Crippen molar-refractivity contribution in [2.24, 2.45) is 0 Å². The third-order valence-electron chi connectivity index (χ3n) is 3.51. The molecule has 2 rings (SSSR count). The van der Waals surface area contributed by atoms with Crippen LogP contribution in [0.2, 0.25) is 0 Å². The number of anilines is 1. The molecule has 4 nitrogen and oxygen atoms in total. The van der Waals surface area contributed by atoms with Gasteiger partial charge in [-0.15, -0.1) is 0 Å². The molecule has 0 radical (unpaired) electrons. The number of hydrogen-bond acceptors (Lipinski definition) is 3. The molecule has 0 saturated heterocycles. The van der Waals surface area contributed by atoms with E-state index >= 15 is 0 Å². The highest BCUT2D eigenvalue weighted by Crippen LogP contribution is 2.15. The van der Waals surface area contributed by atoms with Crippen LogP contribution in [-0.2, 0) is 4.79 Å². The maximum absolute atomic E-state index is 12.5. The fraction of sp³-hybridized carbons (Fsp3) is 0.333. The standard InChI is InChI=1S/C18H22N2O2S/c1-2-3-12-20(16-7-5-4-6-8-16)17(21)9-11-19-18(22)15-10-13-23-14-15/h4-8,10,13-14H,2-3,9,11-12H2,1H3,(H,19,22). The number of amides is 2. The van der Waals surface area contributed by atoms with Gasteiger partial charge < -0.3 is 10.2 Å². The fourth-order valence-electron chi connectivity index (χ4n) is 2.24. The van der Waals surface area contributed by atoms with Gasteiger partial charge in [-0.1, -0.05) is 31.5 Å². The summed E-state index contributed by atoms with van der Waals surface area (Å²) in [6, 6.07) is 11.5. The maximum Gasteiger partial charge on any atom is 0.252 e. The molecule has 2 aromatic rings. The molecule has 1 heterocycles. The molecule has 0 spiro atoms. The molecule has 0 aliphatic carbocycles. The topological polar surface area (TPSA) is 49.4 Å². The number of unbranched alkanes of at least 4 members (excludes halogenated alkanes) is 1. The summed E-state index contributed by atoms with van der Waals surface area (Å²) in [5, 5.41) is 6.46. The van der Waals surface area contributed by atoms with Gasteiger partial charge in [0.15, 0.2) is 0 Å². The average molecular weight is 330 g/mol. The first-order valence-electron chi connectivity index (χ1n) is 7.88. The third kappa shape index (κ3) is 5.21. The molecule has 5 heteroatoms. The lowest BCUT2D eigenvalue weighted by Crippen LogP contribution is -2.35. The van der Waals surface area contributed by atoms with Crippen molar-refractivity contribution in [3.8, 4) is 0 Å². The minimum absolute atomic E-state index is 0.0373. The van der Waals surface area contributed by atoms with E-state index in [-0.39, 0.29) is 11.8 Å². The lowest BCUT2D eigenvalue weighted by Gasteiger charge is -2.22. The normalized spacial score (nSPS) is 10.3. The highest BCUT2D eigenvalue weighted by molar-refractivity contribution is 7.08. The number of thiophene rings is 1. The Kier molecular flexibility index (Phi) is 6.81. The van der Waals surface area contributed by atoms with E-state index in [1.54, 1.807) is 16.3 Å². The summed E-state index contributed by atoms with van der Waals surface area (Å²) in [6.07, 6.45) is 2.29. The van der Waals surface area contributed by atoms with Gasteiger partial charge in [0.2, 0.25) is 5.91 Å². The first-order valence-corrected chi connectivity index (χ1v) is 8.82. The number of nitrogens with zero attached hydrogens (tertiary/aromatic N) is 1. The first kappa shape index (κ1) is 17.2. The maximum atomic E-state index is 12.5. The zero-order chi connectivity index (χ0) is 16.5. The van der Waals surface area contributed by atoms with Crippen molar-refractivity contribution >= 4 is 28.8 Å². The van der Waals surface area contributed by atoms with Crippen LogP contribution in [0.25, 0.3) is 0 Å². The Labute approximate surface area is 141 Å². The zero-order valence-electron chi connectivity index (χ0n) is 13.3. The van der Waals surface area contributed by atoms with E-state index in [0.717, 1.165) is 18.5 Å². The summed E-state index contributed by atoms with van der Waals surface area (Å²) in [5.41, 5.74) is 1.56. The fourth-order valence-corrected chi connectivity index (χ4v) is 2.87. The second-order valence-corrected chi connectivity index (χ2v) is 6.03. The minimum atomic E-state index is -0.126. The van der Waals surface area contributed by atoms with Gasteiger partial charge in [0.25, 0.3) is 5.91 Å². The van der Waals surface area contributed by atoms with Crippen molar-refractivity contribution in [1.82, 2.24) is 5.32 Å². The van der Waals surface area contributed by atoms with Crippen LogP contribution in [0.15, 0.2) is 47.2 Å². The van der Waals surface area contributed by atoms with Gasteiger partial charge in [-0.05, 0) is 30.0 Å². The lowest BCUT2D eigenvalue weighted by molar-refractivity contribution is -0.118. The molecule has 0 fully saturated rings. The van der Waals surface area contributed by atoms with Gasteiger partial charge in [-0.25, -0.2) is 0 Å². The van der Waals surface area contributed by atoms with Gasteiger partial charge in [-0.2, -0.15) is 11.3 Å². The number of carbonyl (C=O) groups is 2. The Balaban J connectivity index is 1.89. The van der Waals surface area contributed by atoms with E-state index in [9.17, 15) is 9.59 Å². The second kappa shape index (κ2) is 9.10. The Morgan fingerprint density at radius 3 is 2.61 bits per heavy atom. The predicted octanol–water partition coefficient (Wildman–Crippen LogP) is 3.70. The van der Waals surface area contributed by atoms with Crippen LogP contribution in [0.5, 0.6) is 0 Å². The Morgan fingerprint density at radius 1 is 1.17 bits per heavy atom. The van der Waals surface area contributed by atoms with Crippen molar-refractivity contribution < 1.29 is 9.59 Å². The van der Waals surface area contributed by atoms with E-state index in [1.807, 2.05) is 35.7 Å². The zero-order valence-corrected chi connectivity index (χ0v) is 14.1. The van der Waals surface area contributed by atoms with Crippen molar-refractivity contribution in [3.05, 3.63) is 52.7 Å². The highest BCUT2D eigenvalue weighted by Gasteiger charge is 2.15. The highest BCUT2D eigenvalue weighted by atomic mass is 32.1. The predicted molar refractivity (Wildman–Crippen MR) is 95.0 cm³/mol. The molecule has 0 atom stereocenters. The molecule has 0 saturated carbocycles. The van der Waals surface area contributed by atoms with Gasteiger partial charge in [0.1, 0.15) is 0 Å². The van der Waals surface area contributed by atoms with Crippen LogP contribution in [0, 0.1) is 0 Å². The Hall–Kier alpha value is -2.14. The van der Waals surface area contributed by atoms with E-state index in [1.165, 1.54) is 11.3 Å². The Morgan fingerprint density at radius 2 is 1.96 bits per heavy atom. The minimum Gasteiger partial charge on any atom is -0.351 e. The van der Waals surface area contributed by atoms with Crippen molar-refractivity contribution in [3.63, 3.8) is 0 Å². The molecule has 0 aliphatic rings. The summed E-state index contributed by atoms with van der Waals surface area (Å²) in [7, 11) is 0. The van der Waals surface area contributed by atoms with Crippen molar-refractivity contribution in [2.45, 2.75) is 26.2 Å². The summed E-state index contributed by atoms with van der Waals surface area (Å²) < 4.78 is 0. The number of nitrogens with one attached hydrogen (secondary N) is 1. The monoisotopic (exact) mass is 330 g/mol. The third-order valence-corrected chi connectivity index (χ3v) is 4.20. The summed E-state index contributed by atoms with van der Waals surface area (Å²) in [6.45, 7) is 3.16. The van der Waals surface area contributed by atoms with E-state index in [2.05, 4.69) is 12.2 Å². The van der Waals surface area contributed by atoms with Gasteiger partial charge in [0.05, 0.1) is 0 Å². The van der Waals surface area contributed by atoms with Gasteiger partial charge in [-0.3, -0.25) is 9.59 Å². The molecular formula is C18H22N2O2S. The van der Waals surface area contributed by atoms with Crippen molar-refractivity contribution in [2.75, 3.05) is 18.0 Å². The number of hydrogen-bond donors (Lipinski definition) is 1. The molecular weight excluding hydrogens is 308 g/mol. The summed E-state index contributed by atoms with van der Waals surface area (Å²) in [5.74, 6) is -0.0888. The first-order chi connectivity index (χ1) is 11.2. The van der Waals surface area contributed by atoms with Crippen LogP contribution >= 0.6 is 11.3 Å². The second-order valence-electron chi connectivity index (χ2n) is 5.25. The van der Waals surface area contributed by atoms with E-state index in [0.29, 0.717) is 25.1 Å². The SMILES string of the molecule is CCCCN(C(=O)CCNC(=O)c1ccsc1)c1ccccc1. The lowest BCUT2D eigenvalue weighted by atomic mass is 10.2.